The van der Waals surface area contributed by atoms with Gasteiger partial charge in [0.05, 0.1) is 69.9 Å². The molecule has 2 fully saturated rings. The molecule has 0 saturated carbocycles. The van der Waals surface area contributed by atoms with Gasteiger partial charge in [0.15, 0.2) is 12.6 Å². The second-order valence-corrected chi connectivity index (χ2v) is 18.6. The van der Waals surface area contributed by atoms with Gasteiger partial charge in [-0.05, 0) is 39.4 Å². The van der Waals surface area contributed by atoms with Crippen LogP contribution in [0.3, 0.4) is 0 Å². The van der Waals surface area contributed by atoms with E-state index in [1.165, 1.54) is 6.07 Å². The van der Waals surface area contributed by atoms with Gasteiger partial charge in [-0.15, -0.1) is 0 Å². The molecule has 76 heavy (non-hydrogen) atoms. The van der Waals surface area contributed by atoms with Gasteiger partial charge in [-0.2, -0.15) is 0 Å². The highest BCUT2D eigenvalue weighted by Gasteiger charge is 2.52. The number of nitrogens with zero attached hydrogens (tertiary/aromatic N) is 1. The molecule has 2 saturated heterocycles. The average molecular weight is 1030 g/mol. The number of methoxy groups -OCH3 is 1. The highest BCUT2D eigenvalue weighted by molar-refractivity contribution is 5.39. The van der Waals surface area contributed by atoms with E-state index in [1.807, 2.05) is 182 Å². The van der Waals surface area contributed by atoms with Crippen molar-refractivity contribution in [2.45, 2.75) is 108 Å². The molecule has 0 spiro atoms. The number of rotatable bonds is 27. The average Bonchev–Trinajstić information content (AvgIpc) is 3.47. The van der Waals surface area contributed by atoms with Crippen LogP contribution < -0.4 is 0 Å². The molecule has 2 heterocycles. The van der Waals surface area contributed by atoms with Crippen molar-refractivity contribution in [2.24, 2.45) is 0 Å². The van der Waals surface area contributed by atoms with Crippen LogP contribution in [0.2, 0.25) is 0 Å². The number of ether oxygens (including phenoxy) is 11. The van der Waals surface area contributed by atoms with Crippen LogP contribution in [0.25, 0.3) is 0 Å². The zero-order valence-electron chi connectivity index (χ0n) is 42.5. The van der Waals surface area contributed by atoms with Gasteiger partial charge in [-0.25, -0.2) is 0 Å². The number of benzene rings is 7. The monoisotopic (exact) mass is 1030 g/mol. The van der Waals surface area contributed by atoms with E-state index in [-0.39, 0.29) is 58.5 Å². The van der Waals surface area contributed by atoms with Gasteiger partial charge in [0.2, 0.25) is 0 Å². The standard InChI is InChI=1S/C62H65NO13/c1-66-61-59(72-41-50-32-18-7-19-33-50)57(70-39-48-28-14-5-15-29-48)56(69-38-47-26-12-4-13-27-47)54(75-61)44-74-62-60(73-42-51-34-20-21-35-52(51)63(64)65)58(71-40-49-30-16-6-17-31-49)55(68-37-46-24-10-3-11-25-46)53(76-62)43-67-36-45-22-8-2-9-23-45/h2-35,53-62H,36-44H2,1H3/t53-,54-,55-,56-,57+,58+,59-,60-,61+,62-/m1/s1. The summed E-state index contributed by atoms with van der Waals surface area (Å²) < 4.78 is 74.7. The molecule has 10 atom stereocenters. The molecule has 396 valence electrons. The van der Waals surface area contributed by atoms with E-state index in [1.54, 1.807) is 25.3 Å². The summed E-state index contributed by atoms with van der Waals surface area (Å²) in [7, 11) is 1.57. The van der Waals surface area contributed by atoms with Crippen LogP contribution in [-0.4, -0.2) is 86.7 Å². The van der Waals surface area contributed by atoms with E-state index < -0.39 is 66.3 Å². The molecule has 7 aromatic carbocycles. The SMILES string of the molecule is CO[C@H]1O[C@H](CO[C@@H]2O[C@H](COCc3ccccc3)[C@@H](OCc3ccccc3)[C@H](OCc3ccccc3)[C@H]2OCc2ccccc2[N+](=O)[O-])[C@@H](OCc2ccccc2)[C@H](OCc2ccccc2)[C@H]1OCc1ccccc1. The zero-order valence-corrected chi connectivity index (χ0v) is 42.5. The Morgan fingerprint density at radius 2 is 0.697 bits per heavy atom. The Bertz CT molecular complexity index is 2750. The molecule has 14 nitrogen and oxygen atoms in total. The first-order valence-corrected chi connectivity index (χ1v) is 25.7. The molecular formula is C62H65NO13. The third-order valence-corrected chi connectivity index (χ3v) is 13.3. The predicted molar refractivity (Wildman–Crippen MR) is 283 cm³/mol. The number of hydrogen-bond acceptors (Lipinski definition) is 13. The lowest BCUT2D eigenvalue weighted by atomic mass is 9.96. The number of para-hydroxylation sites is 1. The van der Waals surface area contributed by atoms with E-state index in [9.17, 15) is 10.1 Å². The van der Waals surface area contributed by atoms with Crippen molar-refractivity contribution in [1.29, 1.82) is 0 Å². The van der Waals surface area contributed by atoms with E-state index in [0.29, 0.717) is 12.2 Å². The number of nitro groups is 1. The maximum absolute atomic E-state index is 12.4. The molecule has 0 aliphatic carbocycles. The highest BCUT2D eigenvalue weighted by Crippen LogP contribution is 2.35. The van der Waals surface area contributed by atoms with Crippen molar-refractivity contribution in [1.82, 2.24) is 0 Å². The van der Waals surface area contributed by atoms with Crippen molar-refractivity contribution < 1.29 is 57.0 Å². The van der Waals surface area contributed by atoms with Gasteiger partial charge < -0.3 is 52.1 Å². The van der Waals surface area contributed by atoms with Crippen LogP contribution >= 0.6 is 0 Å². The Morgan fingerprint density at radius 3 is 1.12 bits per heavy atom. The van der Waals surface area contributed by atoms with Crippen LogP contribution in [0.15, 0.2) is 206 Å². The molecule has 0 aromatic heterocycles. The maximum Gasteiger partial charge on any atom is 0.274 e. The fourth-order valence-corrected chi connectivity index (χ4v) is 9.37. The fraction of sp³-hybridized carbons (Fsp3) is 0.323. The van der Waals surface area contributed by atoms with Crippen molar-refractivity contribution >= 4 is 5.69 Å². The van der Waals surface area contributed by atoms with Crippen LogP contribution in [0, 0.1) is 10.1 Å². The van der Waals surface area contributed by atoms with Crippen molar-refractivity contribution in [3.05, 3.63) is 255 Å². The number of nitro benzene ring substituents is 1. The Morgan fingerprint density at radius 1 is 0.368 bits per heavy atom. The van der Waals surface area contributed by atoms with Gasteiger partial charge in [-0.1, -0.05) is 194 Å². The molecule has 0 amide bonds. The Hall–Kier alpha value is -6.50. The lowest BCUT2D eigenvalue weighted by molar-refractivity contribution is -0.386. The quantitative estimate of drug-likeness (QED) is 0.0356. The van der Waals surface area contributed by atoms with Crippen LogP contribution in [0.1, 0.15) is 38.9 Å². The van der Waals surface area contributed by atoms with Gasteiger partial charge in [-0.3, -0.25) is 10.1 Å². The van der Waals surface area contributed by atoms with Crippen LogP contribution in [-0.2, 0) is 98.4 Å². The van der Waals surface area contributed by atoms with Gasteiger partial charge >= 0.3 is 0 Å². The smallest absolute Gasteiger partial charge is 0.274 e. The summed E-state index contributed by atoms with van der Waals surface area (Å²) in [5.74, 6) is 0. The molecule has 0 unspecified atom stereocenters. The molecule has 14 heteroatoms. The molecule has 0 bridgehead atoms. The normalized spacial score (nSPS) is 23.5. The maximum atomic E-state index is 12.4. The lowest BCUT2D eigenvalue weighted by Crippen LogP contribution is -2.64. The van der Waals surface area contributed by atoms with Crippen molar-refractivity contribution in [3.63, 3.8) is 0 Å². The first kappa shape index (κ1) is 54.3. The zero-order chi connectivity index (χ0) is 52.2. The third kappa shape index (κ3) is 15.3. The Balaban J connectivity index is 1.07. The Kier molecular flexibility index (Phi) is 20.4. The molecule has 2 aliphatic rings. The van der Waals surface area contributed by atoms with Crippen molar-refractivity contribution in [2.75, 3.05) is 20.3 Å². The van der Waals surface area contributed by atoms with Crippen LogP contribution in [0.5, 0.6) is 0 Å². The lowest BCUT2D eigenvalue weighted by Gasteiger charge is -2.48. The summed E-state index contributed by atoms with van der Waals surface area (Å²) in [5.41, 5.74) is 5.95. The number of hydrogen-bond donors (Lipinski definition) is 0. The molecule has 0 N–H and O–H groups in total. The minimum absolute atomic E-state index is 0.0839. The van der Waals surface area contributed by atoms with Crippen LogP contribution in [0.4, 0.5) is 5.69 Å². The van der Waals surface area contributed by atoms with Gasteiger partial charge in [0.25, 0.3) is 5.69 Å². The highest BCUT2D eigenvalue weighted by atomic mass is 16.8. The van der Waals surface area contributed by atoms with E-state index >= 15 is 0 Å². The molecule has 9 rings (SSSR count). The first-order valence-electron chi connectivity index (χ1n) is 25.7. The summed E-state index contributed by atoms with van der Waals surface area (Å²) in [6.07, 6.45) is -8.70. The summed E-state index contributed by atoms with van der Waals surface area (Å²) >= 11 is 0. The minimum Gasteiger partial charge on any atom is -0.374 e. The second kappa shape index (κ2) is 28.6. The molecule has 2 aliphatic heterocycles. The molecule has 7 aromatic rings. The first-order chi connectivity index (χ1) is 37.5. The molecule has 0 radical (unpaired) electrons. The van der Waals surface area contributed by atoms with E-state index in [0.717, 1.165) is 33.4 Å². The van der Waals surface area contributed by atoms with Gasteiger partial charge in [0.1, 0.15) is 48.8 Å². The topological polar surface area (TPSA) is 145 Å². The summed E-state index contributed by atoms with van der Waals surface area (Å²) in [6.45, 7) is 1.20. The second-order valence-electron chi connectivity index (χ2n) is 18.6. The van der Waals surface area contributed by atoms with Crippen molar-refractivity contribution in [3.8, 4) is 0 Å². The fourth-order valence-electron chi connectivity index (χ4n) is 9.37. The van der Waals surface area contributed by atoms with E-state index in [2.05, 4.69) is 0 Å². The Labute approximate surface area is 444 Å². The predicted octanol–water partition coefficient (Wildman–Crippen LogP) is 10.7. The summed E-state index contributed by atoms with van der Waals surface area (Å²) in [4.78, 5) is 11.9. The van der Waals surface area contributed by atoms with E-state index in [4.69, 9.17) is 52.1 Å². The van der Waals surface area contributed by atoms with Gasteiger partial charge in [0, 0.05) is 13.2 Å². The summed E-state index contributed by atoms with van der Waals surface area (Å²) in [6, 6.07) is 65.7. The molecular weight excluding hydrogens is 967 g/mol. The minimum atomic E-state index is -1.18. The third-order valence-electron chi connectivity index (χ3n) is 13.3. The summed E-state index contributed by atoms with van der Waals surface area (Å²) in [5, 5.41) is 12.4. The largest absolute Gasteiger partial charge is 0.374 e.